The second-order valence-corrected chi connectivity index (χ2v) is 6.67. The van der Waals surface area contributed by atoms with Crippen LogP contribution < -0.4 is 4.90 Å². The molecule has 0 amide bonds. The summed E-state index contributed by atoms with van der Waals surface area (Å²) in [5.41, 5.74) is 5.95. The van der Waals surface area contributed by atoms with E-state index in [9.17, 15) is 0 Å². The van der Waals surface area contributed by atoms with Gasteiger partial charge in [-0.05, 0) is 31.9 Å². The summed E-state index contributed by atoms with van der Waals surface area (Å²) in [5.74, 6) is 0. The van der Waals surface area contributed by atoms with Crippen molar-refractivity contribution in [1.29, 1.82) is 0 Å². The number of piperazine rings is 1. The molecule has 1 saturated heterocycles. The van der Waals surface area contributed by atoms with Crippen molar-refractivity contribution in [3.63, 3.8) is 0 Å². The summed E-state index contributed by atoms with van der Waals surface area (Å²) in [4.78, 5) is 10.9. The first-order chi connectivity index (χ1) is 10.2. The molecule has 0 atom stereocenters. The molecule has 0 bridgehead atoms. The van der Waals surface area contributed by atoms with Gasteiger partial charge in [0.2, 0.25) is 0 Å². The fraction of sp³-hybridized carbons (Fsp3) is 0.471. The number of nitrogens with zero attached hydrogens (tertiary/aromatic N) is 3. The van der Waals surface area contributed by atoms with Crippen molar-refractivity contribution >= 4 is 17.0 Å². The van der Waals surface area contributed by atoms with Crippen molar-refractivity contribution in [3.05, 3.63) is 45.9 Å². The van der Waals surface area contributed by atoms with Gasteiger partial charge >= 0.3 is 0 Å². The van der Waals surface area contributed by atoms with Crippen molar-refractivity contribution in [1.82, 2.24) is 9.88 Å². The highest BCUT2D eigenvalue weighted by molar-refractivity contribution is 7.09. The van der Waals surface area contributed by atoms with E-state index in [4.69, 9.17) is 0 Å². The highest BCUT2D eigenvalue weighted by Crippen LogP contribution is 2.21. The molecule has 0 aliphatic carbocycles. The zero-order chi connectivity index (χ0) is 14.7. The van der Waals surface area contributed by atoms with Gasteiger partial charge in [-0.25, -0.2) is 4.98 Å². The van der Waals surface area contributed by atoms with Crippen molar-refractivity contribution in [2.45, 2.75) is 20.3 Å². The highest BCUT2D eigenvalue weighted by atomic mass is 32.1. The Hall–Kier alpha value is -1.39. The normalized spacial score (nSPS) is 16.4. The van der Waals surface area contributed by atoms with Crippen LogP contribution in [-0.4, -0.2) is 42.6 Å². The Morgan fingerprint density at radius 3 is 2.52 bits per heavy atom. The molecule has 0 N–H and O–H groups in total. The maximum atomic E-state index is 4.33. The molecule has 2 aromatic rings. The molecule has 1 aliphatic rings. The number of anilines is 1. The van der Waals surface area contributed by atoms with Gasteiger partial charge in [-0.2, -0.15) is 0 Å². The largest absolute Gasteiger partial charge is 0.369 e. The fourth-order valence-electron chi connectivity index (χ4n) is 2.96. The van der Waals surface area contributed by atoms with Gasteiger partial charge in [-0.15, -0.1) is 11.3 Å². The lowest BCUT2D eigenvalue weighted by Crippen LogP contribution is -2.47. The van der Waals surface area contributed by atoms with E-state index in [1.807, 2.05) is 5.51 Å². The molecular weight excluding hydrogens is 278 g/mol. The smallest absolute Gasteiger partial charge is 0.0797 e. The molecule has 1 aromatic heterocycles. The average Bonchev–Trinajstić information content (AvgIpc) is 2.92. The van der Waals surface area contributed by atoms with Crippen LogP contribution in [0.15, 0.2) is 29.8 Å². The van der Waals surface area contributed by atoms with Gasteiger partial charge in [0.1, 0.15) is 0 Å². The van der Waals surface area contributed by atoms with Crippen molar-refractivity contribution < 1.29 is 0 Å². The van der Waals surface area contributed by atoms with Crippen LogP contribution in [0, 0.1) is 13.8 Å². The third-order valence-electron chi connectivity index (χ3n) is 4.33. The lowest BCUT2D eigenvalue weighted by molar-refractivity contribution is 0.261. The Labute approximate surface area is 131 Å². The predicted molar refractivity (Wildman–Crippen MR) is 90.4 cm³/mol. The standard InChI is InChI=1S/C17H23N3S/c1-14-5-3-4-6-16(14)20-11-9-19(10-12-20)8-7-17-15(2)18-13-21-17/h3-6,13H,7-12H2,1-2H3. The lowest BCUT2D eigenvalue weighted by Gasteiger charge is -2.36. The zero-order valence-corrected chi connectivity index (χ0v) is 13.7. The van der Waals surface area contributed by atoms with E-state index >= 15 is 0 Å². The third-order valence-corrected chi connectivity index (χ3v) is 5.32. The summed E-state index contributed by atoms with van der Waals surface area (Å²) in [5, 5.41) is 0. The number of hydrogen-bond acceptors (Lipinski definition) is 4. The first-order valence-electron chi connectivity index (χ1n) is 7.66. The molecule has 3 nitrogen and oxygen atoms in total. The van der Waals surface area contributed by atoms with Gasteiger partial charge in [-0.1, -0.05) is 18.2 Å². The Morgan fingerprint density at radius 1 is 1.10 bits per heavy atom. The number of para-hydroxylation sites is 1. The summed E-state index contributed by atoms with van der Waals surface area (Å²) in [6.45, 7) is 10.1. The summed E-state index contributed by atoms with van der Waals surface area (Å²) < 4.78 is 0. The Morgan fingerprint density at radius 2 is 1.86 bits per heavy atom. The molecule has 1 fully saturated rings. The number of hydrogen-bond donors (Lipinski definition) is 0. The predicted octanol–water partition coefficient (Wildman–Crippen LogP) is 3.12. The van der Waals surface area contributed by atoms with E-state index in [0.29, 0.717) is 0 Å². The molecule has 4 heteroatoms. The molecule has 1 aromatic carbocycles. The van der Waals surface area contributed by atoms with Crippen LogP contribution in [0.3, 0.4) is 0 Å². The van der Waals surface area contributed by atoms with Crippen LogP contribution >= 0.6 is 11.3 Å². The molecule has 0 unspecified atom stereocenters. The van der Waals surface area contributed by atoms with Crippen molar-refractivity contribution in [3.8, 4) is 0 Å². The molecule has 2 heterocycles. The first kappa shape index (κ1) is 14.5. The van der Waals surface area contributed by atoms with Crippen LogP contribution in [0.2, 0.25) is 0 Å². The summed E-state index contributed by atoms with van der Waals surface area (Å²) in [6, 6.07) is 8.70. The number of benzene rings is 1. The van der Waals surface area contributed by atoms with Crippen LogP contribution in [0.5, 0.6) is 0 Å². The molecular formula is C17H23N3S. The molecule has 1 aliphatic heterocycles. The van der Waals surface area contributed by atoms with Crippen LogP contribution in [-0.2, 0) is 6.42 Å². The zero-order valence-electron chi connectivity index (χ0n) is 12.9. The molecule has 112 valence electrons. The number of thiazole rings is 1. The number of aromatic nitrogens is 1. The Kier molecular flexibility index (Phi) is 4.56. The minimum Gasteiger partial charge on any atom is -0.369 e. The average molecular weight is 301 g/mol. The van der Waals surface area contributed by atoms with Gasteiger partial charge < -0.3 is 4.90 Å². The highest BCUT2D eigenvalue weighted by Gasteiger charge is 2.18. The third kappa shape index (κ3) is 3.44. The minimum absolute atomic E-state index is 1.13. The summed E-state index contributed by atoms with van der Waals surface area (Å²) >= 11 is 1.79. The monoisotopic (exact) mass is 301 g/mol. The van der Waals surface area contributed by atoms with E-state index in [1.165, 1.54) is 21.8 Å². The molecule has 0 spiro atoms. The summed E-state index contributed by atoms with van der Waals surface area (Å²) in [7, 11) is 0. The van der Waals surface area contributed by atoms with E-state index in [-0.39, 0.29) is 0 Å². The van der Waals surface area contributed by atoms with Gasteiger partial charge in [0.25, 0.3) is 0 Å². The van der Waals surface area contributed by atoms with E-state index in [2.05, 4.69) is 52.9 Å². The maximum Gasteiger partial charge on any atom is 0.0797 e. The second-order valence-electron chi connectivity index (χ2n) is 5.73. The fourth-order valence-corrected chi connectivity index (χ4v) is 3.73. The van der Waals surface area contributed by atoms with Gasteiger partial charge in [-0.3, -0.25) is 4.90 Å². The number of rotatable bonds is 4. The first-order valence-corrected chi connectivity index (χ1v) is 8.54. The SMILES string of the molecule is Cc1ccccc1N1CCN(CCc2scnc2C)CC1. The van der Waals surface area contributed by atoms with E-state index in [1.54, 1.807) is 11.3 Å². The Bertz CT molecular complexity index is 585. The molecule has 0 radical (unpaired) electrons. The van der Waals surface area contributed by atoms with Gasteiger partial charge in [0.15, 0.2) is 0 Å². The van der Waals surface area contributed by atoms with Crippen LogP contribution in [0.4, 0.5) is 5.69 Å². The maximum absolute atomic E-state index is 4.33. The second kappa shape index (κ2) is 6.58. The quantitative estimate of drug-likeness (QED) is 0.865. The summed E-state index contributed by atoms with van der Waals surface area (Å²) in [6.07, 6.45) is 1.14. The van der Waals surface area contributed by atoms with Crippen molar-refractivity contribution in [2.24, 2.45) is 0 Å². The topological polar surface area (TPSA) is 19.4 Å². The number of aryl methyl sites for hydroxylation is 2. The van der Waals surface area contributed by atoms with E-state index in [0.717, 1.165) is 39.1 Å². The molecule has 0 saturated carbocycles. The van der Waals surface area contributed by atoms with Crippen LogP contribution in [0.1, 0.15) is 16.1 Å². The van der Waals surface area contributed by atoms with Crippen molar-refractivity contribution in [2.75, 3.05) is 37.6 Å². The van der Waals surface area contributed by atoms with Gasteiger partial charge in [0.05, 0.1) is 11.2 Å². The van der Waals surface area contributed by atoms with E-state index < -0.39 is 0 Å². The van der Waals surface area contributed by atoms with Crippen LogP contribution in [0.25, 0.3) is 0 Å². The lowest BCUT2D eigenvalue weighted by atomic mass is 10.1. The molecule has 3 rings (SSSR count). The van der Waals surface area contributed by atoms with Gasteiger partial charge in [0, 0.05) is 43.3 Å². The minimum atomic E-state index is 1.13. The Balaban J connectivity index is 1.51. The molecule has 21 heavy (non-hydrogen) atoms.